The van der Waals surface area contributed by atoms with Crippen LogP contribution in [0.3, 0.4) is 0 Å². The van der Waals surface area contributed by atoms with Gasteiger partial charge in [-0.2, -0.15) is 13.2 Å². The average molecular weight is 468 g/mol. The second kappa shape index (κ2) is 8.17. The van der Waals surface area contributed by atoms with E-state index in [1.54, 1.807) is 12.2 Å². The fourth-order valence-corrected chi connectivity index (χ4v) is 3.33. The Labute approximate surface area is 178 Å². The Hall–Kier alpha value is -2.57. The van der Waals surface area contributed by atoms with Gasteiger partial charge in [0.15, 0.2) is 6.23 Å². The van der Waals surface area contributed by atoms with Gasteiger partial charge >= 0.3 is 12.1 Å². The van der Waals surface area contributed by atoms with E-state index >= 15 is 0 Å². The maximum Gasteiger partial charge on any atom is 0.430 e. The molecule has 8 nitrogen and oxygen atoms in total. The van der Waals surface area contributed by atoms with Crippen LogP contribution < -0.4 is 10.2 Å². The first-order valence-electron chi connectivity index (χ1n) is 9.01. The van der Waals surface area contributed by atoms with Crippen molar-refractivity contribution in [2.75, 3.05) is 4.90 Å². The average Bonchev–Trinajstić information content (AvgIpc) is 3.03. The second-order valence-corrected chi connectivity index (χ2v) is 7.38. The van der Waals surface area contributed by atoms with E-state index in [1.165, 1.54) is 6.92 Å². The lowest BCUT2D eigenvalue weighted by Gasteiger charge is -2.38. The summed E-state index contributed by atoms with van der Waals surface area (Å²) >= 11 is 6.10. The molecule has 0 aliphatic carbocycles. The van der Waals surface area contributed by atoms with E-state index in [0.717, 1.165) is 12.1 Å². The van der Waals surface area contributed by atoms with Gasteiger partial charge in [0.1, 0.15) is 11.5 Å². The van der Waals surface area contributed by atoms with Crippen molar-refractivity contribution in [1.29, 1.82) is 0 Å². The molecule has 0 spiro atoms. The third-order valence-electron chi connectivity index (χ3n) is 4.54. The largest absolute Gasteiger partial charge is 0.430 e. The minimum Gasteiger partial charge on any atom is -0.420 e. The molecule has 3 unspecified atom stereocenters. The third kappa shape index (κ3) is 4.70. The molecule has 1 aromatic rings. The molecule has 3 atom stereocenters. The van der Waals surface area contributed by atoms with Crippen LogP contribution in [0, 0.1) is 5.82 Å². The number of hydrogen-bond acceptors (Lipinski definition) is 8. The summed E-state index contributed by atoms with van der Waals surface area (Å²) in [6.45, 7) is 3.05. The van der Waals surface area contributed by atoms with E-state index in [4.69, 9.17) is 21.2 Å². The van der Waals surface area contributed by atoms with Crippen molar-refractivity contribution in [2.45, 2.75) is 51.2 Å². The standard InChI is InChI=1S/C18H18ClF4N3O5/c1-3-15(28)30-17(2)7-11(25-31-17)8-4-12(10(20)5-9(8)19)26-14(27)6-13(18(21,22)23)24-16(26)29/h4-6,14,16,24,27,29H,3,7H2,1-2H3. The monoisotopic (exact) mass is 467 g/mol. The second-order valence-electron chi connectivity index (χ2n) is 6.97. The van der Waals surface area contributed by atoms with Gasteiger partial charge in [0.05, 0.1) is 22.8 Å². The highest BCUT2D eigenvalue weighted by molar-refractivity contribution is 6.34. The summed E-state index contributed by atoms with van der Waals surface area (Å²) in [7, 11) is 0. The first kappa shape index (κ1) is 23.1. The Balaban J connectivity index is 1.93. The van der Waals surface area contributed by atoms with E-state index in [2.05, 4.69) is 5.16 Å². The number of nitrogens with one attached hydrogen (secondary N) is 1. The highest BCUT2D eigenvalue weighted by Crippen LogP contribution is 2.36. The van der Waals surface area contributed by atoms with Crippen molar-refractivity contribution >= 4 is 29.0 Å². The number of rotatable bonds is 4. The van der Waals surface area contributed by atoms with Crippen LogP contribution in [0.2, 0.25) is 5.02 Å². The van der Waals surface area contributed by atoms with Gasteiger partial charge in [-0.25, -0.2) is 4.39 Å². The number of allylic oxidation sites excluding steroid dienone is 1. The van der Waals surface area contributed by atoms with E-state index in [9.17, 15) is 32.6 Å². The number of oxime groups is 1. The SMILES string of the molecule is CCC(=O)OC1(C)CC(c2cc(N3C(O)C=C(C(F)(F)F)NC3O)c(F)cc2Cl)=NO1. The Morgan fingerprint density at radius 1 is 1.45 bits per heavy atom. The number of carbonyl (C=O) groups excluding carboxylic acids is 1. The lowest BCUT2D eigenvalue weighted by atomic mass is 10.0. The lowest BCUT2D eigenvalue weighted by molar-refractivity contribution is -0.212. The molecule has 170 valence electrons. The normalized spacial score (nSPS) is 26.0. The summed E-state index contributed by atoms with van der Waals surface area (Å²) in [5.74, 6) is -2.98. The first-order valence-corrected chi connectivity index (χ1v) is 9.39. The number of alkyl halides is 3. The van der Waals surface area contributed by atoms with Gasteiger partial charge in [0, 0.05) is 18.9 Å². The quantitative estimate of drug-likeness (QED) is 0.462. The first-order chi connectivity index (χ1) is 14.3. The summed E-state index contributed by atoms with van der Waals surface area (Å²) in [4.78, 5) is 17.3. The van der Waals surface area contributed by atoms with Crippen molar-refractivity contribution in [1.82, 2.24) is 5.32 Å². The van der Waals surface area contributed by atoms with Gasteiger partial charge in [-0.1, -0.05) is 23.7 Å². The maximum absolute atomic E-state index is 14.6. The molecule has 3 rings (SSSR count). The summed E-state index contributed by atoms with van der Waals surface area (Å²) < 4.78 is 58.4. The molecular formula is C18H18ClF4N3O5. The fraction of sp³-hybridized carbons (Fsp3) is 0.444. The Bertz CT molecular complexity index is 955. The molecule has 2 aliphatic rings. The summed E-state index contributed by atoms with van der Waals surface area (Å²) in [5.41, 5.74) is -1.55. The molecule has 0 fully saturated rings. The van der Waals surface area contributed by atoms with Crippen molar-refractivity contribution in [3.63, 3.8) is 0 Å². The number of anilines is 1. The van der Waals surface area contributed by atoms with Gasteiger partial charge in [-0.15, -0.1) is 0 Å². The highest BCUT2D eigenvalue weighted by atomic mass is 35.5. The smallest absolute Gasteiger partial charge is 0.420 e. The molecule has 0 saturated carbocycles. The van der Waals surface area contributed by atoms with Crippen LogP contribution in [0.1, 0.15) is 32.3 Å². The summed E-state index contributed by atoms with van der Waals surface area (Å²) in [6, 6.07) is 1.94. The van der Waals surface area contributed by atoms with Crippen LogP contribution >= 0.6 is 11.6 Å². The van der Waals surface area contributed by atoms with Gasteiger partial charge < -0.3 is 25.1 Å². The van der Waals surface area contributed by atoms with Crippen LogP contribution in [0.25, 0.3) is 0 Å². The van der Waals surface area contributed by atoms with Crippen LogP contribution in [0.5, 0.6) is 0 Å². The molecule has 2 aliphatic heterocycles. The zero-order valence-electron chi connectivity index (χ0n) is 16.2. The number of esters is 1. The van der Waals surface area contributed by atoms with Gasteiger partial charge in [0.2, 0.25) is 6.35 Å². The zero-order valence-corrected chi connectivity index (χ0v) is 17.0. The van der Waals surface area contributed by atoms with Crippen molar-refractivity contribution < 1.29 is 42.1 Å². The topological polar surface area (TPSA) is 104 Å². The molecule has 3 N–H and O–H groups in total. The third-order valence-corrected chi connectivity index (χ3v) is 4.85. The molecular weight excluding hydrogens is 450 g/mol. The van der Waals surface area contributed by atoms with Gasteiger partial charge in [-0.05, 0) is 18.2 Å². The number of benzene rings is 1. The molecule has 0 bridgehead atoms. The Morgan fingerprint density at radius 2 is 2.13 bits per heavy atom. The molecule has 0 aromatic heterocycles. The fourth-order valence-electron chi connectivity index (χ4n) is 3.07. The molecule has 0 saturated heterocycles. The molecule has 31 heavy (non-hydrogen) atoms. The maximum atomic E-state index is 14.6. The Kier molecular flexibility index (Phi) is 6.09. The van der Waals surface area contributed by atoms with Crippen LogP contribution in [0.4, 0.5) is 23.2 Å². The van der Waals surface area contributed by atoms with Crippen LogP contribution in [0.15, 0.2) is 29.1 Å². The van der Waals surface area contributed by atoms with Crippen molar-refractivity contribution in [3.8, 4) is 0 Å². The molecule has 13 heteroatoms. The Morgan fingerprint density at radius 3 is 2.71 bits per heavy atom. The number of nitrogens with zero attached hydrogens (tertiary/aromatic N) is 2. The minimum absolute atomic E-state index is 0.0506. The minimum atomic E-state index is -4.85. The van der Waals surface area contributed by atoms with Gasteiger partial charge in [-0.3, -0.25) is 9.69 Å². The van der Waals surface area contributed by atoms with E-state index in [-0.39, 0.29) is 29.1 Å². The van der Waals surface area contributed by atoms with E-state index in [1.807, 2.05) is 0 Å². The van der Waals surface area contributed by atoms with E-state index in [0.29, 0.717) is 11.0 Å². The number of ether oxygens (including phenoxy) is 1. The van der Waals surface area contributed by atoms with Gasteiger partial charge in [0.25, 0.3) is 5.79 Å². The molecule has 0 radical (unpaired) electrons. The van der Waals surface area contributed by atoms with Crippen molar-refractivity contribution in [2.24, 2.45) is 5.16 Å². The number of aliphatic hydroxyl groups is 2. The number of carbonyl (C=O) groups is 1. The van der Waals surface area contributed by atoms with Crippen LogP contribution in [-0.2, 0) is 14.4 Å². The predicted molar refractivity (Wildman–Crippen MR) is 100 cm³/mol. The lowest BCUT2D eigenvalue weighted by Crippen LogP contribution is -2.56. The number of aliphatic hydroxyl groups excluding tert-OH is 2. The number of halogens is 5. The molecule has 1 aromatic carbocycles. The predicted octanol–water partition coefficient (Wildman–Crippen LogP) is 2.72. The highest BCUT2D eigenvalue weighted by Gasteiger charge is 2.42. The summed E-state index contributed by atoms with van der Waals surface area (Å²) in [5, 5.41) is 25.7. The van der Waals surface area contributed by atoms with Crippen molar-refractivity contribution in [3.05, 3.63) is 40.3 Å². The van der Waals surface area contributed by atoms with Crippen LogP contribution in [-0.4, -0.2) is 46.4 Å². The summed E-state index contributed by atoms with van der Waals surface area (Å²) in [6.07, 6.45) is -8.52. The molecule has 0 amide bonds. The zero-order chi connectivity index (χ0) is 23.1. The number of hydrogen-bond donors (Lipinski definition) is 3. The molecule has 2 heterocycles. The van der Waals surface area contributed by atoms with E-state index < -0.39 is 47.7 Å².